The number of nitriles is 1. The highest BCUT2D eigenvalue weighted by molar-refractivity contribution is 5.59. The van der Waals surface area contributed by atoms with Crippen molar-refractivity contribution in [3.8, 4) is 17.3 Å². The highest BCUT2D eigenvalue weighted by atomic mass is 14.7. The summed E-state index contributed by atoms with van der Waals surface area (Å²) in [6.07, 6.45) is 4.47. The van der Waals surface area contributed by atoms with E-state index >= 15 is 0 Å². The van der Waals surface area contributed by atoms with E-state index in [4.69, 9.17) is 5.26 Å². The van der Waals surface area contributed by atoms with Gasteiger partial charge >= 0.3 is 0 Å². The highest BCUT2D eigenvalue weighted by Gasteiger charge is 2.01. The molecule has 0 bridgehead atoms. The van der Waals surface area contributed by atoms with Crippen LogP contribution < -0.4 is 0 Å². The van der Waals surface area contributed by atoms with E-state index in [0.29, 0.717) is 5.69 Å². The van der Waals surface area contributed by atoms with Crippen molar-refractivity contribution in [3.05, 3.63) is 47.9 Å². The quantitative estimate of drug-likeness (QED) is 0.763. The topological polar surface area (TPSA) is 49.6 Å². The van der Waals surface area contributed by atoms with Crippen LogP contribution in [0.15, 0.2) is 36.7 Å². The van der Waals surface area contributed by atoms with Crippen LogP contribution in [0.4, 0.5) is 0 Å². The third kappa shape index (κ3) is 2.06. The molecule has 78 valence electrons. The maximum Gasteiger partial charge on any atom is 0.141 e. The monoisotopic (exact) mass is 209 g/mol. The van der Waals surface area contributed by atoms with Crippen LogP contribution in [0, 0.1) is 11.3 Å². The van der Waals surface area contributed by atoms with E-state index in [1.807, 2.05) is 24.4 Å². The van der Waals surface area contributed by atoms with E-state index in [-0.39, 0.29) is 0 Å². The van der Waals surface area contributed by atoms with Crippen LogP contribution >= 0.6 is 0 Å². The molecule has 2 rings (SSSR count). The SMILES string of the molecule is CCc1ccc(-c2ccnc(C#N)c2)nc1. The van der Waals surface area contributed by atoms with Gasteiger partial charge in [-0.25, -0.2) is 4.98 Å². The lowest BCUT2D eigenvalue weighted by molar-refractivity contribution is 1.10. The minimum absolute atomic E-state index is 0.416. The molecule has 0 aromatic carbocycles. The molecule has 16 heavy (non-hydrogen) atoms. The normalized spacial score (nSPS) is 9.75. The molecule has 2 heterocycles. The lowest BCUT2D eigenvalue weighted by atomic mass is 10.1. The van der Waals surface area contributed by atoms with Gasteiger partial charge in [-0.2, -0.15) is 5.26 Å². The molecule has 0 spiro atoms. The summed E-state index contributed by atoms with van der Waals surface area (Å²) in [5.41, 5.74) is 3.42. The third-order valence-corrected chi connectivity index (χ3v) is 2.40. The van der Waals surface area contributed by atoms with Gasteiger partial charge in [0.25, 0.3) is 0 Å². The number of pyridine rings is 2. The predicted molar refractivity (Wildman–Crippen MR) is 61.6 cm³/mol. The molecule has 3 nitrogen and oxygen atoms in total. The first-order valence-corrected chi connectivity index (χ1v) is 5.15. The number of nitrogens with zero attached hydrogens (tertiary/aromatic N) is 3. The van der Waals surface area contributed by atoms with Gasteiger partial charge in [0.2, 0.25) is 0 Å². The summed E-state index contributed by atoms with van der Waals surface area (Å²) in [6, 6.07) is 9.64. The van der Waals surface area contributed by atoms with Crippen LogP contribution in [0.3, 0.4) is 0 Å². The molecule has 0 aliphatic rings. The summed E-state index contributed by atoms with van der Waals surface area (Å²) < 4.78 is 0. The Labute approximate surface area is 94.4 Å². The molecular formula is C13H11N3. The minimum atomic E-state index is 0.416. The van der Waals surface area contributed by atoms with Gasteiger partial charge in [-0.3, -0.25) is 4.98 Å². The molecule has 2 aromatic rings. The standard InChI is InChI=1S/C13H11N3/c1-2-10-3-4-13(16-9-10)11-5-6-15-12(7-11)8-14/h3-7,9H,2H2,1H3. The zero-order valence-electron chi connectivity index (χ0n) is 9.01. The molecule has 0 saturated heterocycles. The summed E-state index contributed by atoms with van der Waals surface area (Å²) in [5, 5.41) is 8.76. The van der Waals surface area contributed by atoms with E-state index in [9.17, 15) is 0 Å². The van der Waals surface area contributed by atoms with Crippen molar-refractivity contribution in [2.24, 2.45) is 0 Å². The second kappa shape index (κ2) is 4.54. The van der Waals surface area contributed by atoms with Crippen LogP contribution in [0.25, 0.3) is 11.3 Å². The van der Waals surface area contributed by atoms with Crippen molar-refractivity contribution in [1.82, 2.24) is 9.97 Å². The lowest BCUT2D eigenvalue weighted by Crippen LogP contribution is -1.88. The lowest BCUT2D eigenvalue weighted by Gasteiger charge is -2.01. The Kier molecular flexibility index (Phi) is 2.93. The van der Waals surface area contributed by atoms with Crippen molar-refractivity contribution < 1.29 is 0 Å². The van der Waals surface area contributed by atoms with Crippen LogP contribution in [-0.2, 0) is 6.42 Å². The second-order valence-corrected chi connectivity index (χ2v) is 3.45. The Morgan fingerprint density at radius 3 is 2.75 bits per heavy atom. The predicted octanol–water partition coefficient (Wildman–Crippen LogP) is 2.58. The van der Waals surface area contributed by atoms with Crippen molar-refractivity contribution in [2.75, 3.05) is 0 Å². The molecule has 3 heteroatoms. The van der Waals surface area contributed by atoms with Gasteiger partial charge < -0.3 is 0 Å². The first kappa shape index (κ1) is 10.3. The molecule has 0 unspecified atom stereocenters. The van der Waals surface area contributed by atoms with Gasteiger partial charge in [-0.1, -0.05) is 13.0 Å². The summed E-state index contributed by atoms with van der Waals surface area (Å²) in [6.45, 7) is 2.09. The van der Waals surface area contributed by atoms with Gasteiger partial charge in [-0.15, -0.1) is 0 Å². The zero-order valence-corrected chi connectivity index (χ0v) is 9.01. The second-order valence-electron chi connectivity index (χ2n) is 3.45. The Balaban J connectivity index is 2.39. The molecule has 0 fully saturated rings. The van der Waals surface area contributed by atoms with Gasteiger partial charge in [-0.05, 0) is 30.2 Å². The zero-order chi connectivity index (χ0) is 11.4. The molecule has 0 atom stereocenters. The fourth-order valence-electron chi connectivity index (χ4n) is 1.46. The van der Waals surface area contributed by atoms with Crippen LogP contribution in [-0.4, -0.2) is 9.97 Å². The van der Waals surface area contributed by atoms with Gasteiger partial charge in [0.15, 0.2) is 0 Å². The number of rotatable bonds is 2. The van der Waals surface area contributed by atoms with E-state index in [1.54, 1.807) is 12.3 Å². The largest absolute Gasteiger partial charge is 0.256 e. The summed E-state index contributed by atoms with van der Waals surface area (Å²) in [5.74, 6) is 0. The number of aromatic nitrogens is 2. The Hall–Kier alpha value is -2.21. The fraction of sp³-hybridized carbons (Fsp3) is 0.154. The molecule has 0 radical (unpaired) electrons. The molecular weight excluding hydrogens is 198 g/mol. The van der Waals surface area contributed by atoms with Crippen LogP contribution in [0.2, 0.25) is 0 Å². The molecule has 2 aromatic heterocycles. The first-order valence-electron chi connectivity index (χ1n) is 5.15. The summed E-state index contributed by atoms with van der Waals surface area (Å²) in [7, 11) is 0. The van der Waals surface area contributed by atoms with E-state index in [2.05, 4.69) is 23.0 Å². The average Bonchev–Trinajstić information content (AvgIpc) is 2.39. The maximum atomic E-state index is 8.76. The van der Waals surface area contributed by atoms with Crippen molar-refractivity contribution in [1.29, 1.82) is 5.26 Å². The van der Waals surface area contributed by atoms with Crippen molar-refractivity contribution in [2.45, 2.75) is 13.3 Å². The molecule has 0 aliphatic carbocycles. The Morgan fingerprint density at radius 2 is 2.12 bits per heavy atom. The number of hydrogen-bond acceptors (Lipinski definition) is 3. The van der Waals surface area contributed by atoms with Gasteiger partial charge in [0.05, 0.1) is 5.69 Å². The first-order chi connectivity index (χ1) is 7.83. The average molecular weight is 209 g/mol. The Bertz CT molecular complexity index is 524. The molecule has 0 N–H and O–H groups in total. The maximum absolute atomic E-state index is 8.76. The Morgan fingerprint density at radius 1 is 1.25 bits per heavy atom. The smallest absolute Gasteiger partial charge is 0.141 e. The minimum Gasteiger partial charge on any atom is -0.256 e. The molecule has 0 saturated carbocycles. The molecule has 0 amide bonds. The van der Waals surface area contributed by atoms with Crippen molar-refractivity contribution >= 4 is 0 Å². The van der Waals surface area contributed by atoms with E-state index < -0.39 is 0 Å². The third-order valence-electron chi connectivity index (χ3n) is 2.40. The van der Waals surface area contributed by atoms with Crippen molar-refractivity contribution in [3.63, 3.8) is 0 Å². The van der Waals surface area contributed by atoms with E-state index in [0.717, 1.165) is 17.7 Å². The summed E-state index contributed by atoms with van der Waals surface area (Å²) >= 11 is 0. The van der Waals surface area contributed by atoms with Crippen LogP contribution in [0.5, 0.6) is 0 Å². The molecule has 0 aliphatic heterocycles. The van der Waals surface area contributed by atoms with Gasteiger partial charge in [0.1, 0.15) is 11.8 Å². The fourth-order valence-corrected chi connectivity index (χ4v) is 1.46. The number of aryl methyl sites for hydroxylation is 1. The highest BCUT2D eigenvalue weighted by Crippen LogP contribution is 2.17. The number of hydrogen-bond donors (Lipinski definition) is 0. The summed E-state index contributed by atoms with van der Waals surface area (Å²) in [4.78, 5) is 8.29. The van der Waals surface area contributed by atoms with Crippen LogP contribution in [0.1, 0.15) is 18.2 Å². The van der Waals surface area contributed by atoms with E-state index in [1.165, 1.54) is 5.56 Å². The van der Waals surface area contributed by atoms with Gasteiger partial charge in [0, 0.05) is 18.0 Å².